The second kappa shape index (κ2) is 9.68. The lowest BCUT2D eigenvalue weighted by molar-refractivity contribution is -0.351. The van der Waals surface area contributed by atoms with Crippen molar-refractivity contribution in [2.45, 2.75) is 57.4 Å². The fourth-order valence-corrected chi connectivity index (χ4v) is 4.33. The molecule has 0 aliphatic carbocycles. The third-order valence-electron chi connectivity index (χ3n) is 6.37. The summed E-state index contributed by atoms with van der Waals surface area (Å²) < 4.78 is 16.9. The maximum atomic E-state index is 13.9. The minimum absolute atomic E-state index is 0.0506. The smallest absolute Gasteiger partial charge is 0.230 e. The molecule has 0 amide bonds. The van der Waals surface area contributed by atoms with Crippen molar-refractivity contribution >= 4 is 11.0 Å². The molecule has 1 aromatic heterocycles. The number of ether oxygens (including phenoxy) is 2. The van der Waals surface area contributed by atoms with Crippen LogP contribution in [0.5, 0.6) is 11.5 Å². The molecule has 5 atom stereocenters. The van der Waals surface area contributed by atoms with Gasteiger partial charge in [0, 0.05) is 11.1 Å². The molecule has 5 N–H and O–H groups in total. The highest BCUT2D eigenvalue weighted by Gasteiger charge is 2.55. The lowest BCUT2D eigenvalue weighted by Gasteiger charge is -2.45. The van der Waals surface area contributed by atoms with E-state index in [9.17, 15) is 30.3 Å². The van der Waals surface area contributed by atoms with Crippen LogP contribution in [0.3, 0.4) is 0 Å². The Bertz CT molecular complexity index is 1350. The van der Waals surface area contributed by atoms with Crippen LogP contribution in [0.25, 0.3) is 22.3 Å². The van der Waals surface area contributed by atoms with Crippen molar-refractivity contribution in [1.29, 1.82) is 0 Å². The molecule has 2 heterocycles. The summed E-state index contributed by atoms with van der Waals surface area (Å²) in [6.45, 7) is 5.21. The van der Waals surface area contributed by atoms with Crippen LogP contribution in [-0.4, -0.2) is 57.1 Å². The van der Waals surface area contributed by atoms with E-state index in [1.807, 2.05) is 19.9 Å². The molecule has 191 valence electrons. The van der Waals surface area contributed by atoms with E-state index in [-0.39, 0.29) is 16.7 Å². The number of aliphatic hydroxyl groups is 4. The van der Waals surface area contributed by atoms with Crippen molar-refractivity contribution in [3.8, 4) is 22.8 Å². The molecule has 1 saturated heterocycles. The third-order valence-corrected chi connectivity index (χ3v) is 6.37. The lowest BCUT2D eigenvalue weighted by atomic mass is 9.86. The summed E-state index contributed by atoms with van der Waals surface area (Å²) in [5.41, 5.74) is 0.495. The van der Waals surface area contributed by atoms with E-state index in [1.165, 1.54) is 20.1 Å². The maximum Gasteiger partial charge on any atom is 0.230 e. The van der Waals surface area contributed by atoms with Crippen LogP contribution in [0.1, 0.15) is 31.9 Å². The van der Waals surface area contributed by atoms with Gasteiger partial charge in [-0.05, 0) is 63.6 Å². The van der Waals surface area contributed by atoms with Gasteiger partial charge in [-0.1, -0.05) is 11.6 Å². The van der Waals surface area contributed by atoms with E-state index in [0.29, 0.717) is 23.3 Å². The van der Waals surface area contributed by atoms with Crippen LogP contribution >= 0.6 is 0 Å². The number of hydrogen-bond acceptors (Lipinski definition) is 9. The minimum Gasteiger partial charge on any atom is -0.507 e. The number of aromatic hydroxyl groups is 1. The molecular formula is C27H29O9. The Morgan fingerprint density at radius 2 is 1.83 bits per heavy atom. The molecule has 3 aromatic rings. The first kappa shape index (κ1) is 25.9. The van der Waals surface area contributed by atoms with Gasteiger partial charge in [-0.3, -0.25) is 4.79 Å². The molecule has 2 aromatic carbocycles. The van der Waals surface area contributed by atoms with Crippen LogP contribution < -0.4 is 10.2 Å². The summed E-state index contributed by atoms with van der Waals surface area (Å²) in [4.78, 5) is 13.9. The van der Waals surface area contributed by atoms with Gasteiger partial charge in [0.2, 0.25) is 11.2 Å². The number of fused-ring (bicyclic) bond motifs is 1. The van der Waals surface area contributed by atoms with Gasteiger partial charge < -0.3 is 39.4 Å². The minimum atomic E-state index is -2.77. The number of phenols is 1. The van der Waals surface area contributed by atoms with Gasteiger partial charge in [0.1, 0.15) is 52.1 Å². The van der Waals surface area contributed by atoms with E-state index in [4.69, 9.17) is 13.9 Å². The molecular weight excluding hydrogens is 468 g/mol. The second-order valence-corrected chi connectivity index (χ2v) is 9.15. The third kappa shape index (κ3) is 4.29. The molecule has 1 fully saturated rings. The Morgan fingerprint density at radius 1 is 1.17 bits per heavy atom. The second-order valence-electron chi connectivity index (χ2n) is 9.15. The Hall–Kier alpha value is -3.21. The molecule has 1 unspecified atom stereocenters. The van der Waals surface area contributed by atoms with Crippen LogP contribution in [0, 0.1) is 6.07 Å². The van der Waals surface area contributed by atoms with Gasteiger partial charge in [0.15, 0.2) is 0 Å². The molecule has 0 saturated carbocycles. The van der Waals surface area contributed by atoms with Gasteiger partial charge in [-0.2, -0.15) is 0 Å². The molecule has 9 nitrogen and oxygen atoms in total. The van der Waals surface area contributed by atoms with Gasteiger partial charge in [-0.15, -0.1) is 0 Å². The van der Waals surface area contributed by atoms with E-state index < -0.39 is 46.9 Å². The number of rotatable bonds is 5. The highest BCUT2D eigenvalue weighted by Crippen LogP contribution is 2.42. The number of hydrogen-bond donors (Lipinski definition) is 5. The van der Waals surface area contributed by atoms with Gasteiger partial charge in [0.05, 0.1) is 13.2 Å². The molecule has 4 rings (SSSR count). The average molecular weight is 498 g/mol. The van der Waals surface area contributed by atoms with Crippen molar-refractivity contribution in [3.05, 3.63) is 69.4 Å². The summed E-state index contributed by atoms with van der Waals surface area (Å²) in [6, 6.07) is 10.6. The van der Waals surface area contributed by atoms with Crippen LogP contribution in [0.2, 0.25) is 0 Å². The SMILES string of the molecule is COc1ccc(-c2oc3c(CC=C(C)C)[c]cc(O)c3c(=O)c2C2(O)O[C@H](C)[C@@H](O)[C@H](O)[C@@H]2O)cc1. The monoisotopic (exact) mass is 497 g/mol. The molecule has 9 heteroatoms. The van der Waals surface area contributed by atoms with Crippen molar-refractivity contribution < 1.29 is 39.4 Å². The largest absolute Gasteiger partial charge is 0.507 e. The summed E-state index contributed by atoms with van der Waals surface area (Å²) in [5, 5.41) is 53.3. The first-order chi connectivity index (χ1) is 17.0. The number of phenolic OH excluding ortho intramolecular Hbond substituents is 1. The molecule has 1 aliphatic heterocycles. The topological polar surface area (TPSA) is 150 Å². The van der Waals surface area contributed by atoms with Gasteiger partial charge in [-0.25, -0.2) is 0 Å². The predicted octanol–water partition coefficient (Wildman–Crippen LogP) is 2.13. The summed E-state index contributed by atoms with van der Waals surface area (Å²) >= 11 is 0. The maximum absolute atomic E-state index is 13.9. The van der Waals surface area contributed by atoms with Crippen molar-refractivity contribution in [3.63, 3.8) is 0 Å². The molecule has 1 aliphatic rings. The van der Waals surface area contributed by atoms with E-state index in [0.717, 1.165) is 5.57 Å². The quantitative estimate of drug-likeness (QED) is 0.334. The zero-order valence-corrected chi connectivity index (χ0v) is 20.3. The zero-order chi connectivity index (χ0) is 26.4. The Morgan fingerprint density at radius 3 is 2.44 bits per heavy atom. The number of allylic oxidation sites excluding steroid dienone is 2. The molecule has 36 heavy (non-hydrogen) atoms. The first-order valence-electron chi connectivity index (χ1n) is 11.5. The van der Waals surface area contributed by atoms with Crippen molar-refractivity contribution in [1.82, 2.24) is 0 Å². The number of aliphatic hydroxyl groups excluding tert-OH is 3. The van der Waals surface area contributed by atoms with Crippen molar-refractivity contribution in [2.75, 3.05) is 7.11 Å². The fourth-order valence-electron chi connectivity index (χ4n) is 4.33. The summed E-state index contributed by atoms with van der Waals surface area (Å²) in [6.07, 6.45) is -4.35. The highest BCUT2D eigenvalue weighted by molar-refractivity contribution is 5.88. The molecule has 1 radical (unpaired) electrons. The van der Waals surface area contributed by atoms with E-state index in [2.05, 4.69) is 6.07 Å². The summed E-state index contributed by atoms with van der Waals surface area (Å²) in [7, 11) is 1.49. The Labute approximate surface area is 207 Å². The van der Waals surface area contributed by atoms with Gasteiger partial charge >= 0.3 is 0 Å². The zero-order valence-electron chi connectivity index (χ0n) is 20.3. The average Bonchev–Trinajstić information content (AvgIpc) is 2.85. The first-order valence-corrected chi connectivity index (χ1v) is 11.5. The Kier molecular flexibility index (Phi) is 6.96. The van der Waals surface area contributed by atoms with Crippen molar-refractivity contribution in [2.24, 2.45) is 0 Å². The molecule has 0 bridgehead atoms. The Balaban J connectivity index is 2.09. The number of methoxy groups -OCH3 is 1. The normalized spacial score (nSPS) is 26.1. The van der Waals surface area contributed by atoms with E-state index >= 15 is 0 Å². The lowest BCUT2D eigenvalue weighted by Crippen LogP contribution is -2.63. The standard InChI is InChI=1S/C27H29O9/c1-13(2)5-6-15-9-12-18(28)19-22(30)20(27(33)26(32)23(31)21(29)14(3)36-27)25(35-24(15)19)16-7-10-17(34-4)11-8-16/h5,7-8,10-12,14,21,23,26,28-29,31-33H,6H2,1-4H3/t14-,21-,23+,26+,27?/m1/s1. The van der Waals surface area contributed by atoms with Crippen LogP contribution in [0.4, 0.5) is 0 Å². The number of benzene rings is 2. The fraction of sp³-hybridized carbons (Fsp3) is 0.370. The highest BCUT2D eigenvalue weighted by atomic mass is 16.7. The van der Waals surface area contributed by atoms with Gasteiger partial charge in [0.25, 0.3) is 0 Å². The van der Waals surface area contributed by atoms with E-state index in [1.54, 1.807) is 24.3 Å². The van der Waals surface area contributed by atoms with Crippen LogP contribution in [-0.2, 0) is 16.9 Å². The predicted molar refractivity (Wildman–Crippen MR) is 131 cm³/mol. The molecule has 0 spiro atoms. The van der Waals surface area contributed by atoms with Crippen LogP contribution in [0.15, 0.2) is 51.2 Å². The summed E-state index contributed by atoms with van der Waals surface area (Å²) in [5.74, 6) is -2.83.